The van der Waals surface area contributed by atoms with Crippen LogP contribution in [-0.4, -0.2) is 67.6 Å². The highest BCUT2D eigenvalue weighted by Crippen LogP contribution is 2.22. The SMILES string of the molecule is C[C@@H]1CCCN1CCCOc1ccc(C(=O)CN2CCO[C@H](c3ccccc3)C2)cc1. The summed E-state index contributed by atoms with van der Waals surface area (Å²) >= 11 is 0. The molecule has 2 aromatic rings. The van der Waals surface area contributed by atoms with Crippen molar-refractivity contribution in [2.24, 2.45) is 0 Å². The highest BCUT2D eigenvalue weighted by molar-refractivity contribution is 5.97. The van der Waals surface area contributed by atoms with E-state index < -0.39 is 0 Å². The lowest BCUT2D eigenvalue weighted by molar-refractivity contribution is -0.0275. The molecule has 0 spiro atoms. The van der Waals surface area contributed by atoms with Gasteiger partial charge < -0.3 is 14.4 Å². The van der Waals surface area contributed by atoms with Crippen LogP contribution in [0.1, 0.15) is 48.2 Å². The normalized spacial score (nSPS) is 22.5. The first-order chi connectivity index (χ1) is 15.2. The van der Waals surface area contributed by atoms with E-state index >= 15 is 0 Å². The zero-order valence-corrected chi connectivity index (χ0v) is 18.5. The van der Waals surface area contributed by atoms with Crippen molar-refractivity contribution in [3.05, 3.63) is 65.7 Å². The van der Waals surface area contributed by atoms with E-state index in [9.17, 15) is 4.79 Å². The molecule has 2 saturated heterocycles. The number of rotatable bonds is 9. The van der Waals surface area contributed by atoms with Crippen LogP contribution in [0, 0.1) is 0 Å². The van der Waals surface area contributed by atoms with E-state index in [1.807, 2.05) is 42.5 Å². The maximum Gasteiger partial charge on any atom is 0.176 e. The van der Waals surface area contributed by atoms with E-state index in [2.05, 4.69) is 28.9 Å². The van der Waals surface area contributed by atoms with Gasteiger partial charge in [-0.05, 0) is 62.6 Å². The van der Waals surface area contributed by atoms with Gasteiger partial charge in [-0.15, -0.1) is 0 Å². The number of hydrogen-bond acceptors (Lipinski definition) is 5. The van der Waals surface area contributed by atoms with Gasteiger partial charge >= 0.3 is 0 Å². The summed E-state index contributed by atoms with van der Waals surface area (Å²) in [5, 5.41) is 0. The van der Waals surface area contributed by atoms with E-state index in [0.29, 0.717) is 25.8 Å². The van der Waals surface area contributed by atoms with Crippen molar-refractivity contribution in [2.75, 3.05) is 45.9 Å². The second-order valence-electron chi connectivity index (χ2n) is 8.68. The van der Waals surface area contributed by atoms with Crippen LogP contribution in [0.3, 0.4) is 0 Å². The molecule has 0 radical (unpaired) electrons. The van der Waals surface area contributed by atoms with Gasteiger partial charge in [-0.25, -0.2) is 0 Å². The van der Waals surface area contributed by atoms with E-state index in [1.54, 1.807) is 0 Å². The number of Topliss-reactive ketones (excluding diaryl/α,β-unsaturated/α-hetero) is 1. The molecule has 166 valence electrons. The molecule has 4 rings (SSSR count). The number of ketones is 1. The molecule has 0 bridgehead atoms. The van der Waals surface area contributed by atoms with Crippen LogP contribution < -0.4 is 4.74 Å². The topological polar surface area (TPSA) is 42.0 Å². The summed E-state index contributed by atoms with van der Waals surface area (Å²) in [5.74, 6) is 0.977. The molecule has 0 amide bonds. The fourth-order valence-electron chi connectivity index (χ4n) is 4.53. The second-order valence-corrected chi connectivity index (χ2v) is 8.68. The maximum absolute atomic E-state index is 12.8. The molecular weight excluding hydrogens is 388 g/mol. The Labute approximate surface area is 185 Å². The van der Waals surface area contributed by atoms with Gasteiger partial charge in [-0.1, -0.05) is 30.3 Å². The van der Waals surface area contributed by atoms with Crippen LogP contribution >= 0.6 is 0 Å². The molecule has 2 aliphatic rings. The van der Waals surface area contributed by atoms with E-state index in [1.165, 1.54) is 24.9 Å². The van der Waals surface area contributed by atoms with Crippen LogP contribution in [0.15, 0.2) is 54.6 Å². The molecule has 5 heteroatoms. The van der Waals surface area contributed by atoms with Crippen molar-refractivity contribution >= 4 is 5.78 Å². The molecule has 31 heavy (non-hydrogen) atoms. The van der Waals surface area contributed by atoms with Gasteiger partial charge in [-0.3, -0.25) is 9.69 Å². The molecule has 2 atom stereocenters. The van der Waals surface area contributed by atoms with Crippen LogP contribution in [0.25, 0.3) is 0 Å². The fraction of sp³-hybridized carbons (Fsp3) is 0.500. The average molecular weight is 423 g/mol. The molecule has 0 aliphatic carbocycles. The average Bonchev–Trinajstić information content (AvgIpc) is 3.22. The standard InChI is InChI=1S/C26H34N2O3/c1-21-7-5-14-28(21)15-6-17-30-24-12-10-22(11-13-24)25(29)19-27-16-18-31-26(20-27)23-8-3-2-4-9-23/h2-4,8-13,21,26H,5-7,14-20H2,1H3/t21-,26+/m1/s1. The van der Waals surface area contributed by atoms with Gasteiger partial charge in [0.05, 0.1) is 25.9 Å². The summed E-state index contributed by atoms with van der Waals surface area (Å²) in [4.78, 5) is 17.5. The Bertz CT molecular complexity index is 824. The van der Waals surface area contributed by atoms with Crippen molar-refractivity contribution < 1.29 is 14.3 Å². The number of ether oxygens (including phenoxy) is 2. The minimum Gasteiger partial charge on any atom is -0.494 e. The number of likely N-dealkylation sites (tertiary alicyclic amines) is 1. The third-order valence-electron chi connectivity index (χ3n) is 6.41. The molecule has 2 heterocycles. The second kappa shape index (κ2) is 10.9. The Morgan fingerprint density at radius 1 is 1.10 bits per heavy atom. The lowest BCUT2D eigenvalue weighted by Gasteiger charge is -2.32. The predicted octanol–water partition coefficient (Wildman–Crippen LogP) is 4.20. The molecule has 0 saturated carbocycles. The molecular formula is C26H34N2O3. The number of carbonyl (C=O) groups excluding carboxylic acids is 1. The Hall–Kier alpha value is -2.21. The van der Waals surface area contributed by atoms with E-state index in [-0.39, 0.29) is 11.9 Å². The summed E-state index contributed by atoms with van der Waals surface area (Å²) in [5.41, 5.74) is 1.90. The molecule has 2 aliphatic heterocycles. The van der Waals surface area contributed by atoms with Crippen molar-refractivity contribution in [3.8, 4) is 5.75 Å². The molecule has 2 fully saturated rings. The molecule has 0 N–H and O–H groups in total. The Morgan fingerprint density at radius 3 is 2.65 bits per heavy atom. The Balaban J connectivity index is 1.21. The number of nitrogens with zero attached hydrogens (tertiary/aromatic N) is 2. The first-order valence-corrected chi connectivity index (χ1v) is 11.6. The van der Waals surface area contributed by atoms with Crippen molar-refractivity contribution in [3.63, 3.8) is 0 Å². The van der Waals surface area contributed by atoms with Gasteiger partial charge in [-0.2, -0.15) is 0 Å². The van der Waals surface area contributed by atoms with Gasteiger partial charge in [0.2, 0.25) is 0 Å². The third kappa shape index (κ3) is 6.16. The van der Waals surface area contributed by atoms with Gasteiger partial charge in [0.1, 0.15) is 5.75 Å². The summed E-state index contributed by atoms with van der Waals surface area (Å²) in [6.45, 7) is 7.93. The molecule has 5 nitrogen and oxygen atoms in total. The predicted molar refractivity (Wildman–Crippen MR) is 123 cm³/mol. The molecule has 0 unspecified atom stereocenters. The Morgan fingerprint density at radius 2 is 1.90 bits per heavy atom. The Kier molecular flexibility index (Phi) is 7.73. The van der Waals surface area contributed by atoms with Crippen molar-refractivity contribution in [1.29, 1.82) is 0 Å². The van der Waals surface area contributed by atoms with Crippen LogP contribution in [-0.2, 0) is 4.74 Å². The van der Waals surface area contributed by atoms with Gasteiger partial charge in [0, 0.05) is 31.2 Å². The first-order valence-electron chi connectivity index (χ1n) is 11.6. The van der Waals surface area contributed by atoms with Crippen molar-refractivity contribution in [1.82, 2.24) is 9.80 Å². The third-order valence-corrected chi connectivity index (χ3v) is 6.41. The lowest BCUT2D eigenvalue weighted by Crippen LogP contribution is -2.41. The number of benzene rings is 2. The van der Waals surface area contributed by atoms with E-state index in [0.717, 1.165) is 37.4 Å². The number of hydrogen-bond donors (Lipinski definition) is 0. The van der Waals surface area contributed by atoms with Crippen molar-refractivity contribution in [2.45, 2.75) is 38.3 Å². The number of carbonyl (C=O) groups is 1. The zero-order chi connectivity index (χ0) is 21.5. The number of morpholine rings is 1. The van der Waals surface area contributed by atoms with Gasteiger partial charge in [0.15, 0.2) is 5.78 Å². The highest BCUT2D eigenvalue weighted by Gasteiger charge is 2.24. The highest BCUT2D eigenvalue weighted by atomic mass is 16.5. The van der Waals surface area contributed by atoms with Crippen LogP contribution in [0.5, 0.6) is 5.75 Å². The largest absolute Gasteiger partial charge is 0.494 e. The van der Waals surface area contributed by atoms with Crippen LogP contribution in [0.2, 0.25) is 0 Å². The quantitative estimate of drug-likeness (QED) is 0.448. The van der Waals surface area contributed by atoms with Gasteiger partial charge in [0.25, 0.3) is 0 Å². The van der Waals surface area contributed by atoms with Crippen LogP contribution in [0.4, 0.5) is 0 Å². The maximum atomic E-state index is 12.8. The van der Waals surface area contributed by atoms with E-state index in [4.69, 9.17) is 9.47 Å². The molecule has 2 aromatic carbocycles. The summed E-state index contributed by atoms with van der Waals surface area (Å²) in [6, 6.07) is 18.5. The smallest absolute Gasteiger partial charge is 0.176 e. The molecule has 0 aromatic heterocycles. The summed E-state index contributed by atoms with van der Waals surface area (Å²) in [7, 11) is 0. The fourth-order valence-corrected chi connectivity index (χ4v) is 4.53. The first kappa shape index (κ1) is 22.0. The minimum absolute atomic E-state index is 0.0297. The minimum atomic E-state index is 0.0297. The monoisotopic (exact) mass is 422 g/mol. The summed E-state index contributed by atoms with van der Waals surface area (Å²) in [6.07, 6.45) is 3.69. The lowest BCUT2D eigenvalue weighted by atomic mass is 10.1. The zero-order valence-electron chi connectivity index (χ0n) is 18.5. The summed E-state index contributed by atoms with van der Waals surface area (Å²) < 4.78 is 11.8.